The van der Waals surface area contributed by atoms with Crippen LogP contribution in [0.4, 0.5) is 16.3 Å². The van der Waals surface area contributed by atoms with Crippen molar-refractivity contribution in [1.29, 1.82) is 0 Å². The molecule has 9 heteroatoms. The van der Waals surface area contributed by atoms with E-state index in [1.54, 1.807) is 0 Å². The van der Waals surface area contributed by atoms with Gasteiger partial charge in [-0.05, 0) is 62.8 Å². The van der Waals surface area contributed by atoms with Gasteiger partial charge in [0.15, 0.2) is 5.82 Å². The lowest BCUT2D eigenvalue weighted by atomic mass is 10.0. The van der Waals surface area contributed by atoms with Gasteiger partial charge in [0.2, 0.25) is 5.88 Å². The van der Waals surface area contributed by atoms with E-state index in [1.807, 2.05) is 24.3 Å². The molecule has 3 N–H and O–H groups in total. The zero-order valence-electron chi connectivity index (χ0n) is 18.5. The summed E-state index contributed by atoms with van der Waals surface area (Å²) in [6.07, 6.45) is 6.44. The third-order valence-corrected chi connectivity index (χ3v) is 7.18. The van der Waals surface area contributed by atoms with Crippen LogP contribution in [0.5, 0.6) is 5.88 Å². The van der Waals surface area contributed by atoms with Gasteiger partial charge in [0.1, 0.15) is 11.4 Å². The minimum Gasteiger partial charge on any atom is -0.471 e. The zero-order valence-corrected chi connectivity index (χ0v) is 18.5. The number of nitrogens with zero attached hydrogens (tertiary/aromatic N) is 3. The highest BCUT2D eigenvalue weighted by Gasteiger charge is 2.49. The van der Waals surface area contributed by atoms with Crippen molar-refractivity contribution in [3.8, 4) is 17.3 Å². The number of carbonyl (C=O) groups excluding carboxylic acids is 1. The summed E-state index contributed by atoms with van der Waals surface area (Å²) >= 11 is 0. The van der Waals surface area contributed by atoms with E-state index in [9.17, 15) is 4.79 Å². The molecule has 2 atom stereocenters. The molecule has 1 saturated carbocycles. The molecule has 3 aliphatic heterocycles. The first kappa shape index (κ1) is 20.7. The molecule has 3 fully saturated rings. The number of hydrogen-bond donors (Lipinski definition) is 3. The molecular weight excluding hydrogens is 422 g/mol. The Morgan fingerprint density at radius 3 is 2.58 bits per heavy atom. The largest absolute Gasteiger partial charge is 0.471 e. The Kier molecular flexibility index (Phi) is 5.10. The number of aromatic nitrogens is 2. The van der Waals surface area contributed by atoms with Gasteiger partial charge in [-0.25, -0.2) is 9.78 Å². The van der Waals surface area contributed by atoms with E-state index in [-0.39, 0.29) is 24.8 Å². The summed E-state index contributed by atoms with van der Waals surface area (Å²) in [6, 6.07) is 7.85. The standard InChI is InChI=1S/C24H29N5O4/c30-12-11-25-23(31)26-16-3-1-15(2-4-16)20-27-21(29-17-5-6-18(29)14-32-13-17)19-7-8-24(9-10-24)33-22(19)28-20/h1-4,17-18,30H,5-14H2,(H2,25,26,31). The molecule has 6 rings (SSSR count). The number of anilines is 2. The zero-order chi connectivity index (χ0) is 22.4. The third-order valence-electron chi connectivity index (χ3n) is 7.18. The van der Waals surface area contributed by atoms with Crippen molar-refractivity contribution in [2.24, 2.45) is 0 Å². The molecule has 1 spiro atoms. The second-order valence-electron chi connectivity index (χ2n) is 9.45. The summed E-state index contributed by atoms with van der Waals surface area (Å²) in [7, 11) is 0. The molecule has 2 aromatic rings. The SMILES string of the molecule is O=C(NCCO)Nc1ccc(-c2nc3c(c(N4C5CCC4COC5)n2)CCC2(CC2)O3)cc1. The van der Waals surface area contributed by atoms with Crippen molar-refractivity contribution in [3.63, 3.8) is 0 Å². The fourth-order valence-electron chi connectivity index (χ4n) is 5.22. The maximum Gasteiger partial charge on any atom is 0.319 e. The number of fused-ring (bicyclic) bond motifs is 3. The molecule has 1 aromatic carbocycles. The van der Waals surface area contributed by atoms with E-state index in [4.69, 9.17) is 24.5 Å². The number of rotatable bonds is 5. The summed E-state index contributed by atoms with van der Waals surface area (Å²) in [6.45, 7) is 1.60. The number of urea groups is 1. The molecular formula is C24H29N5O4. The van der Waals surface area contributed by atoms with Gasteiger partial charge >= 0.3 is 6.03 Å². The minimum absolute atomic E-state index is 0.0183. The summed E-state index contributed by atoms with van der Waals surface area (Å²) < 4.78 is 12.2. The second kappa shape index (κ2) is 8.14. The lowest BCUT2D eigenvalue weighted by molar-refractivity contribution is 0.0896. The first-order valence-electron chi connectivity index (χ1n) is 11.9. The van der Waals surface area contributed by atoms with E-state index >= 15 is 0 Å². The summed E-state index contributed by atoms with van der Waals surface area (Å²) in [5.74, 6) is 2.38. The highest BCUT2D eigenvalue weighted by Crippen LogP contribution is 2.50. The molecule has 9 nitrogen and oxygen atoms in total. The predicted molar refractivity (Wildman–Crippen MR) is 123 cm³/mol. The van der Waals surface area contributed by atoms with Crippen molar-refractivity contribution >= 4 is 17.5 Å². The molecule has 2 bridgehead atoms. The first-order valence-corrected chi connectivity index (χ1v) is 11.9. The number of amides is 2. The van der Waals surface area contributed by atoms with E-state index in [1.165, 1.54) is 0 Å². The fourth-order valence-corrected chi connectivity index (χ4v) is 5.22. The van der Waals surface area contributed by atoms with Crippen LogP contribution in [-0.2, 0) is 11.2 Å². The van der Waals surface area contributed by atoms with Gasteiger partial charge in [0, 0.05) is 17.8 Å². The minimum atomic E-state index is -0.352. The number of morpholine rings is 1. The Morgan fingerprint density at radius 1 is 1.12 bits per heavy atom. The molecule has 1 aromatic heterocycles. The van der Waals surface area contributed by atoms with Crippen LogP contribution >= 0.6 is 0 Å². The van der Waals surface area contributed by atoms with Gasteiger partial charge < -0.3 is 30.1 Å². The van der Waals surface area contributed by atoms with Crippen LogP contribution in [0, 0.1) is 0 Å². The highest BCUT2D eigenvalue weighted by molar-refractivity contribution is 5.89. The van der Waals surface area contributed by atoms with Gasteiger partial charge in [-0.15, -0.1) is 0 Å². The third kappa shape index (κ3) is 3.89. The number of carbonyl (C=O) groups is 1. The lowest BCUT2D eigenvalue weighted by Gasteiger charge is -2.38. The van der Waals surface area contributed by atoms with Gasteiger partial charge in [-0.3, -0.25) is 0 Å². The number of hydrogen-bond acceptors (Lipinski definition) is 7. The van der Waals surface area contributed by atoms with Crippen LogP contribution in [0.25, 0.3) is 11.4 Å². The Morgan fingerprint density at radius 2 is 1.88 bits per heavy atom. The van der Waals surface area contributed by atoms with Crippen molar-refractivity contribution < 1.29 is 19.4 Å². The lowest BCUT2D eigenvalue weighted by Crippen LogP contribution is -2.47. The van der Waals surface area contributed by atoms with E-state index in [0.29, 0.717) is 23.6 Å². The van der Waals surface area contributed by atoms with Crippen LogP contribution in [0.15, 0.2) is 24.3 Å². The molecule has 4 aliphatic rings. The van der Waals surface area contributed by atoms with Crippen molar-refractivity contribution in [2.45, 2.75) is 56.2 Å². The van der Waals surface area contributed by atoms with Crippen molar-refractivity contribution in [3.05, 3.63) is 29.8 Å². The Bertz CT molecular complexity index is 1040. The van der Waals surface area contributed by atoms with E-state index in [0.717, 1.165) is 74.6 Å². The molecule has 0 radical (unpaired) electrons. The Labute approximate surface area is 192 Å². The topological polar surface area (TPSA) is 109 Å². The van der Waals surface area contributed by atoms with Crippen LogP contribution in [0.2, 0.25) is 0 Å². The van der Waals surface area contributed by atoms with Crippen LogP contribution < -0.4 is 20.3 Å². The number of benzene rings is 1. The number of ether oxygens (including phenoxy) is 2. The van der Waals surface area contributed by atoms with E-state index < -0.39 is 0 Å². The molecule has 1 aliphatic carbocycles. The predicted octanol–water partition coefficient (Wildman–Crippen LogP) is 2.48. The van der Waals surface area contributed by atoms with E-state index in [2.05, 4.69) is 15.5 Å². The van der Waals surface area contributed by atoms with Crippen molar-refractivity contribution in [2.75, 3.05) is 36.6 Å². The monoisotopic (exact) mass is 451 g/mol. The smallest absolute Gasteiger partial charge is 0.319 e. The average molecular weight is 452 g/mol. The molecule has 174 valence electrons. The normalized spacial score (nSPS) is 24.2. The summed E-state index contributed by atoms with van der Waals surface area (Å²) in [5.41, 5.74) is 2.65. The highest BCUT2D eigenvalue weighted by atomic mass is 16.5. The maximum atomic E-state index is 11.9. The average Bonchev–Trinajstić information content (AvgIpc) is 3.53. The van der Waals surface area contributed by atoms with Crippen molar-refractivity contribution in [1.82, 2.24) is 15.3 Å². The number of nitrogens with one attached hydrogen (secondary N) is 2. The number of aliphatic hydroxyl groups excluding tert-OH is 1. The van der Waals surface area contributed by atoms with Crippen LogP contribution in [0.3, 0.4) is 0 Å². The van der Waals surface area contributed by atoms with Crippen LogP contribution in [-0.4, -0.2) is 65.2 Å². The molecule has 2 saturated heterocycles. The second-order valence-corrected chi connectivity index (χ2v) is 9.45. The van der Waals surface area contributed by atoms with Crippen LogP contribution in [0.1, 0.15) is 37.7 Å². The molecule has 4 heterocycles. The maximum absolute atomic E-state index is 11.9. The summed E-state index contributed by atoms with van der Waals surface area (Å²) in [5, 5.41) is 14.2. The van der Waals surface area contributed by atoms with Gasteiger partial charge in [0.25, 0.3) is 0 Å². The number of aliphatic hydroxyl groups is 1. The fraction of sp³-hybridized carbons (Fsp3) is 0.542. The molecule has 2 unspecified atom stereocenters. The quantitative estimate of drug-likeness (QED) is 0.641. The Balaban J connectivity index is 1.32. The molecule has 2 amide bonds. The van der Waals surface area contributed by atoms with Gasteiger partial charge in [0.05, 0.1) is 37.5 Å². The molecule has 33 heavy (non-hydrogen) atoms. The Hall–Kier alpha value is -2.91. The summed E-state index contributed by atoms with van der Waals surface area (Å²) in [4.78, 5) is 24.2. The first-order chi connectivity index (χ1) is 16.1. The van der Waals surface area contributed by atoms with Gasteiger partial charge in [-0.2, -0.15) is 4.98 Å². The van der Waals surface area contributed by atoms with Gasteiger partial charge in [-0.1, -0.05) is 0 Å².